The Labute approximate surface area is 193 Å². The van der Waals surface area contributed by atoms with Gasteiger partial charge in [0, 0.05) is 31.5 Å². The van der Waals surface area contributed by atoms with Crippen LogP contribution in [0.5, 0.6) is 0 Å². The third-order valence-corrected chi connectivity index (χ3v) is 6.89. The molecule has 1 aliphatic carbocycles. The van der Waals surface area contributed by atoms with Crippen molar-refractivity contribution in [1.29, 1.82) is 0 Å². The van der Waals surface area contributed by atoms with Gasteiger partial charge in [-0.25, -0.2) is 4.79 Å². The topological polar surface area (TPSA) is 95.9 Å². The second kappa shape index (κ2) is 9.65. The maximum Gasteiger partial charge on any atom is 0.407 e. The van der Waals surface area contributed by atoms with Crippen LogP contribution < -0.4 is 5.32 Å². The van der Waals surface area contributed by atoms with Crippen molar-refractivity contribution in [3.8, 4) is 11.1 Å². The molecule has 2 aromatic rings. The van der Waals surface area contributed by atoms with Crippen LogP contribution in [0.1, 0.15) is 43.7 Å². The Morgan fingerprint density at radius 1 is 1.06 bits per heavy atom. The van der Waals surface area contributed by atoms with Crippen molar-refractivity contribution in [1.82, 2.24) is 10.2 Å². The molecule has 7 heteroatoms. The van der Waals surface area contributed by atoms with E-state index in [4.69, 9.17) is 9.84 Å². The molecule has 2 N–H and O–H groups in total. The van der Waals surface area contributed by atoms with Crippen LogP contribution in [0.15, 0.2) is 48.5 Å². The number of carbonyl (C=O) groups excluding carboxylic acids is 2. The number of rotatable bonds is 7. The van der Waals surface area contributed by atoms with Gasteiger partial charge < -0.3 is 20.1 Å². The minimum Gasteiger partial charge on any atom is -0.481 e. The highest BCUT2D eigenvalue weighted by atomic mass is 16.5. The lowest BCUT2D eigenvalue weighted by molar-refractivity contribution is -0.139. The number of alkyl carbamates (subject to hydrolysis) is 1. The van der Waals surface area contributed by atoms with E-state index < -0.39 is 24.0 Å². The molecule has 3 unspecified atom stereocenters. The largest absolute Gasteiger partial charge is 0.481 e. The van der Waals surface area contributed by atoms with E-state index in [1.807, 2.05) is 24.3 Å². The van der Waals surface area contributed by atoms with Crippen molar-refractivity contribution in [3.05, 3.63) is 59.7 Å². The molecule has 2 aromatic carbocycles. The highest BCUT2D eigenvalue weighted by Crippen LogP contribution is 2.44. The summed E-state index contributed by atoms with van der Waals surface area (Å²) in [5.74, 6) is -1.38. The molecule has 1 aliphatic heterocycles. The summed E-state index contributed by atoms with van der Waals surface area (Å²) in [5.41, 5.74) is 4.63. The van der Waals surface area contributed by atoms with Gasteiger partial charge in [-0.3, -0.25) is 9.59 Å². The Kier molecular flexibility index (Phi) is 6.67. The third-order valence-electron chi connectivity index (χ3n) is 6.89. The van der Waals surface area contributed by atoms with E-state index in [0.29, 0.717) is 19.5 Å². The highest BCUT2D eigenvalue weighted by Gasteiger charge is 2.33. The number of amides is 2. The summed E-state index contributed by atoms with van der Waals surface area (Å²) in [7, 11) is 0. The number of nitrogens with zero attached hydrogens (tertiary/aromatic N) is 1. The molecule has 1 heterocycles. The average Bonchev–Trinajstić information content (AvgIpc) is 3.39. The summed E-state index contributed by atoms with van der Waals surface area (Å²) >= 11 is 0. The third kappa shape index (κ3) is 4.87. The molecular formula is C26H30N2O5. The van der Waals surface area contributed by atoms with Crippen LogP contribution in [-0.4, -0.2) is 53.7 Å². The predicted octanol–water partition coefficient (Wildman–Crippen LogP) is 3.87. The number of hydrogen-bond donors (Lipinski definition) is 2. The zero-order valence-corrected chi connectivity index (χ0v) is 19.0. The van der Waals surface area contributed by atoms with Gasteiger partial charge >= 0.3 is 12.1 Å². The smallest absolute Gasteiger partial charge is 0.407 e. The summed E-state index contributed by atoms with van der Waals surface area (Å²) in [6, 6.07) is 15.9. The maximum atomic E-state index is 12.8. The summed E-state index contributed by atoms with van der Waals surface area (Å²) in [5, 5.41) is 11.8. The fourth-order valence-electron chi connectivity index (χ4n) is 4.90. The van der Waals surface area contributed by atoms with Gasteiger partial charge in [-0.15, -0.1) is 0 Å². The van der Waals surface area contributed by atoms with Gasteiger partial charge in [0.15, 0.2) is 0 Å². The molecule has 0 spiro atoms. The van der Waals surface area contributed by atoms with E-state index in [1.165, 1.54) is 11.1 Å². The van der Waals surface area contributed by atoms with Gasteiger partial charge in [0.2, 0.25) is 5.91 Å². The van der Waals surface area contributed by atoms with Crippen molar-refractivity contribution in [2.45, 2.75) is 38.6 Å². The Morgan fingerprint density at radius 3 is 2.27 bits per heavy atom. The summed E-state index contributed by atoms with van der Waals surface area (Å²) in [6.45, 7) is 4.79. The van der Waals surface area contributed by atoms with Crippen molar-refractivity contribution in [2.24, 2.45) is 11.8 Å². The summed E-state index contributed by atoms with van der Waals surface area (Å²) < 4.78 is 5.59. The van der Waals surface area contributed by atoms with Crippen LogP contribution in [0.2, 0.25) is 0 Å². The van der Waals surface area contributed by atoms with E-state index in [9.17, 15) is 14.4 Å². The van der Waals surface area contributed by atoms with Gasteiger partial charge in [0.1, 0.15) is 6.61 Å². The van der Waals surface area contributed by atoms with Crippen molar-refractivity contribution in [2.75, 3.05) is 19.7 Å². The first-order valence-electron chi connectivity index (χ1n) is 11.5. The standard InChI is InChI=1S/C26H30N2O5/c1-16(25(31)28-12-11-18(14-28)13-24(29)30)17(2)27-26(32)33-15-23-21-9-5-3-7-19(21)20-8-4-6-10-22(20)23/h3-10,16-18,23H,11-15H2,1-2H3,(H,27,32)(H,29,30). The fraction of sp³-hybridized carbons (Fsp3) is 0.423. The molecule has 1 fully saturated rings. The molecule has 4 rings (SSSR count). The van der Waals surface area contributed by atoms with E-state index in [2.05, 4.69) is 29.6 Å². The summed E-state index contributed by atoms with van der Waals surface area (Å²) in [4.78, 5) is 38.0. The van der Waals surface area contributed by atoms with Crippen LogP contribution in [-0.2, 0) is 14.3 Å². The molecule has 0 saturated carbocycles. The Hall–Kier alpha value is -3.35. The van der Waals surface area contributed by atoms with E-state index in [-0.39, 0.29) is 30.8 Å². The molecule has 3 atom stereocenters. The van der Waals surface area contributed by atoms with E-state index in [1.54, 1.807) is 18.7 Å². The molecule has 0 bridgehead atoms. The van der Waals surface area contributed by atoms with Crippen molar-refractivity contribution >= 4 is 18.0 Å². The van der Waals surface area contributed by atoms with Crippen LogP contribution in [0.4, 0.5) is 4.79 Å². The minimum absolute atomic E-state index is 0.0101. The first kappa shape index (κ1) is 22.8. The molecule has 33 heavy (non-hydrogen) atoms. The second-order valence-corrected chi connectivity index (χ2v) is 9.08. The number of aliphatic carboxylic acids is 1. The molecule has 2 amide bonds. The molecule has 1 saturated heterocycles. The first-order valence-corrected chi connectivity index (χ1v) is 11.5. The lowest BCUT2D eigenvalue weighted by Crippen LogP contribution is -2.45. The monoisotopic (exact) mass is 450 g/mol. The lowest BCUT2D eigenvalue weighted by Gasteiger charge is -2.26. The number of likely N-dealkylation sites (tertiary alicyclic amines) is 1. The Bertz CT molecular complexity index is 1010. The highest BCUT2D eigenvalue weighted by molar-refractivity contribution is 5.81. The number of carboxylic acid groups (broad SMARTS) is 1. The van der Waals surface area contributed by atoms with Crippen molar-refractivity contribution < 1.29 is 24.2 Å². The normalized spacial score (nSPS) is 18.8. The molecule has 0 aromatic heterocycles. The van der Waals surface area contributed by atoms with Gasteiger partial charge in [0.05, 0.1) is 5.92 Å². The quantitative estimate of drug-likeness (QED) is 0.668. The number of fused-ring (bicyclic) bond motifs is 3. The number of ether oxygens (including phenoxy) is 1. The van der Waals surface area contributed by atoms with Gasteiger partial charge in [-0.1, -0.05) is 55.5 Å². The molecule has 2 aliphatic rings. The Balaban J connectivity index is 1.31. The molecule has 7 nitrogen and oxygen atoms in total. The predicted molar refractivity (Wildman–Crippen MR) is 124 cm³/mol. The first-order chi connectivity index (χ1) is 15.8. The van der Waals surface area contributed by atoms with Crippen LogP contribution >= 0.6 is 0 Å². The number of hydrogen-bond acceptors (Lipinski definition) is 4. The van der Waals surface area contributed by atoms with Crippen LogP contribution in [0.3, 0.4) is 0 Å². The number of benzene rings is 2. The van der Waals surface area contributed by atoms with Crippen LogP contribution in [0, 0.1) is 11.8 Å². The lowest BCUT2D eigenvalue weighted by atomic mass is 9.98. The van der Waals surface area contributed by atoms with Gasteiger partial charge in [-0.2, -0.15) is 0 Å². The van der Waals surface area contributed by atoms with Gasteiger partial charge in [-0.05, 0) is 41.5 Å². The molecule has 0 radical (unpaired) electrons. The zero-order chi connectivity index (χ0) is 23.5. The van der Waals surface area contributed by atoms with Gasteiger partial charge in [0.25, 0.3) is 0 Å². The van der Waals surface area contributed by atoms with E-state index >= 15 is 0 Å². The fourth-order valence-corrected chi connectivity index (χ4v) is 4.90. The number of carbonyl (C=O) groups is 3. The number of carboxylic acids is 1. The van der Waals surface area contributed by atoms with Crippen LogP contribution in [0.25, 0.3) is 11.1 Å². The summed E-state index contributed by atoms with van der Waals surface area (Å²) in [6.07, 6.45) is 0.221. The van der Waals surface area contributed by atoms with E-state index in [0.717, 1.165) is 11.1 Å². The minimum atomic E-state index is -0.840. The molecular weight excluding hydrogens is 420 g/mol. The SMILES string of the molecule is CC(NC(=O)OCC1c2ccccc2-c2ccccc21)C(C)C(=O)N1CCC(CC(=O)O)C1. The second-order valence-electron chi connectivity index (χ2n) is 9.08. The van der Waals surface area contributed by atoms with Crippen molar-refractivity contribution in [3.63, 3.8) is 0 Å². The average molecular weight is 451 g/mol. The Morgan fingerprint density at radius 2 is 1.67 bits per heavy atom. The number of nitrogens with one attached hydrogen (secondary N) is 1. The molecule has 174 valence electrons. The maximum absolute atomic E-state index is 12.8. The zero-order valence-electron chi connectivity index (χ0n) is 19.0.